The highest BCUT2D eigenvalue weighted by Crippen LogP contribution is 2.73. The summed E-state index contributed by atoms with van der Waals surface area (Å²) >= 11 is 0. The molecular formula is C21H28O5. The lowest BCUT2D eigenvalue weighted by Crippen LogP contribution is -2.52. The highest BCUT2D eigenvalue weighted by molar-refractivity contribution is 6.33. The van der Waals surface area contributed by atoms with Gasteiger partial charge in [0.1, 0.15) is 11.3 Å². The molecule has 3 aliphatic rings. The van der Waals surface area contributed by atoms with Crippen LogP contribution in [0.2, 0.25) is 0 Å². The third-order valence-electron chi connectivity index (χ3n) is 7.04. The van der Waals surface area contributed by atoms with Crippen LogP contribution in [0.5, 0.6) is 0 Å². The molecule has 1 spiro atoms. The molecule has 5 nitrogen and oxygen atoms in total. The van der Waals surface area contributed by atoms with Gasteiger partial charge in [-0.2, -0.15) is 0 Å². The van der Waals surface area contributed by atoms with Crippen LogP contribution in [0, 0.1) is 28.6 Å². The fourth-order valence-electron chi connectivity index (χ4n) is 5.84. The predicted molar refractivity (Wildman–Crippen MR) is 96.3 cm³/mol. The molecule has 0 aromatic heterocycles. The van der Waals surface area contributed by atoms with E-state index >= 15 is 0 Å². The topological polar surface area (TPSA) is 91.7 Å². The van der Waals surface area contributed by atoms with Crippen molar-refractivity contribution in [2.45, 2.75) is 59.5 Å². The number of allylic oxidation sites excluding steroid dienone is 1. The third-order valence-corrected chi connectivity index (χ3v) is 7.04. The molecule has 2 fully saturated rings. The van der Waals surface area contributed by atoms with Crippen LogP contribution < -0.4 is 0 Å². The van der Waals surface area contributed by atoms with E-state index in [-0.39, 0.29) is 42.4 Å². The molecule has 0 aromatic carbocycles. The zero-order valence-corrected chi connectivity index (χ0v) is 16.2. The first-order valence-corrected chi connectivity index (χ1v) is 9.26. The van der Waals surface area contributed by atoms with Gasteiger partial charge < -0.3 is 10.2 Å². The van der Waals surface area contributed by atoms with Gasteiger partial charge in [0.15, 0.2) is 17.2 Å². The van der Waals surface area contributed by atoms with E-state index in [0.29, 0.717) is 0 Å². The lowest BCUT2D eigenvalue weighted by molar-refractivity contribution is -0.153. The first-order chi connectivity index (χ1) is 11.8. The maximum atomic E-state index is 13.0. The van der Waals surface area contributed by atoms with Gasteiger partial charge in [-0.3, -0.25) is 14.4 Å². The predicted octanol–water partition coefficient (Wildman–Crippen LogP) is 2.93. The number of rotatable bonds is 4. The number of hydrogen-bond acceptors (Lipinski definition) is 5. The molecule has 0 aliphatic heterocycles. The van der Waals surface area contributed by atoms with E-state index in [1.807, 2.05) is 34.6 Å². The third kappa shape index (κ3) is 1.92. The average molecular weight is 360 g/mol. The summed E-state index contributed by atoms with van der Waals surface area (Å²) in [6.07, 6.45) is 0.358. The smallest absolute Gasteiger partial charge is 0.210 e. The van der Waals surface area contributed by atoms with Gasteiger partial charge in [0, 0.05) is 12.8 Å². The summed E-state index contributed by atoms with van der Waals surface area (Å²) in [5.74, 6) is -2.85. The molecule has 4 unspecified atom stereocenters. The number of aliphatic hydroxyl groups excluding tert-OH is 1. The van der Waals surface area contributed by atoms with Gasteiger partial charge in [-0.1, -0.05) is 39.8 Å². The van der Waals surface area contributed by atoms with Gasteiger partial charge in [0.2, 0.25) is 5.78 Å². The van der Waals surface area contributed by atoms with Gasteiger partial charge in [0.05, 0.1) is 5.41 Å². The summed E-state index contributed by atoms with van der Waals surface area (Å²) in [5.41, 5.74) is -3.65. The molecule has 0 saturated heterocycles. The molecule has 26 heavy (non-hydrogen) atoms. The van der Waals surface area contributed by atoms with Gasteiger partial charge in [-0.15, -0.1) is 0 Å². The Morgan fingerprint density at radius 3 is 2.38 bits per heavy atom. The van der Waals surface area contributed by atoms with Crippen molar-refractivity contribution in [1.82, 2.24) is 0 Å². The second kappa shape index (κ2) is 5.38. The second-order valence-corrected chi connectivity index (χ2v) is 9.36. The maximum Gasteiger partial charge on any atom is 0.210 e. The highest BCUT2D eigenvalue weighted by Gasteiger charge is 2.81. The maximum absolute atomic E-state index is 13.0. The van der Waals surface area contributed by atoms with E-state index in [4.69, 9.17) is 0 Å². The fraction of sp³-hybridized carbons (Fsp3) is 0.667. The highest BCUT2D eigenvalue weighted by atomic mass is 16.3. The Hall–Kier alpha value is -1.75. The largest absolute Gasteiger partial charge is 0.511 e. The number of Topliss-reactive ketones (excluding diaryl/α,β-unsaturated/α-hetero) is 3. The zero-order valence-electron chi connectivity index (χ0n) is 16.2. The Morgan fingerprint density at radius 2 is 1.88 bits per heavy atom. The monoisotopic (exact) mass is 360 g/mol. The normalized spacial score (nSPS) is 38.1. The molecule has 4 atom stereocenters. The summed E-state index contributed by atoms with van der Waals surface area (Å²) in [7, 11) is 0. The number of carbonyl (C=O) groups excluding carboxylic acids is 3. The molecular weight excluding hydrogens is 332 g/mol. The van der Waals surface area contributed by atoms with E-state index in [9.17, 15) is 24.6 Å². The van der Waals surface area contributed by atoms with Crippen LogP contribution in [0.1, 0.15) is 53.9 Å². The second-order valence-electron chi connectivity index (χ2n) is 9.36. The molecule has 3 rings (SSSR count). The molecule has 2 N–H and O–H groups in total. The number of hydrogen-bond donors (Lipinski definition) is 2. The van der Waals surface area contributed by atoms with Gasteiger partial charge in [-0.25, -0.2) is 0 Å². The Kier molecular flexibility index (Phi) is 3.94. The van der Waals surface area contributed by atoms with Crippen LogP contribution in [0.3, 0.4) is 0 Å². The molecule has 0 bridgehead atoms. The summed E-state index contributed by atoms with van der Waals surface area (Å²) in [6.45, 7) is 13.6. The van der Waals surface area contributed by atoms with Crippen LogP contribution in [0.4, 0.5) is 0 Å². The van der Waals surface area contributed by atoms with Crippen LogP contribution in [0.15, 0.2) is 23.5 Å². The van der Waals surface area contributed by atoms with Crippen molar-refractivity contribution in [3.8, 4) is 0 Å². The van der Waals surface area contributed by atoms with Crippen LogP contribution in [-0.4, -0.2) is 33.2 Å². The number of carbonyl (C=O) groups is 3. The van der Waals surface area contributed by atoms with E-state index in [0.717, 1.165) is 5.57 Å². The first kappa shape index (κ1) is 19.0. The van der Waals surface area contributed by atoms with Gasteiger partial charge in [-0.05, 0) is 36.5 Å². The molecule has 0 aromatic rings. The van der Waals surface area contributed by atoms with Gasteiger partial charge >= 0.3 is 0 Å². The molecule has 0 heterocycles. The summed E-state index contributed by atoms with van der Waals surface area (Å²) in [5, 5.41) is 22.4. The summed E-state index contributed by atoms with van der Waals surface area (Å²) in [6, 6.07) is 0. The fourth-order valence-corrected chi connectivity index (χ4v) is 5.84. The van der Waals surface area contributed by atoms with Crippen LogP contribution >= 0.6 is 0 Å². The van der Waals surface area contributed by atoms with Crippen molar-refractivity contribution < 1.29 is 24.6 Å². The first-order valence-electron chi connectivity index (χ1n) is 9.26. The van der Waals surface area contributed by atoms with E-state index in [1.165, 1.54) is 0 Å². The van der Waals surface area contributed by atoms with Crippen molar-refractivity contribution in [1.29, 1.82) is 0 Å². The lowest BCUT2D eigenvalue weighted by atomic mass is 9.67. The van der Waals surface area contributed by atoms with Crippen molar-refractivity contribution in [2.24, 2.45) is 28.6 Å². The van der Waals surface area contributed by atoms with Crippen LogP contribution in [0.25, 0.3) is 0 Å². The Morgan fingerprint density at radius 1 is 1.31 bits per heavy atom. The number of ketones is 3. The number of aliphatic hydroxyl groups is 2. The lowest BCUT2D eigenvalue weighted by Gasteiger charge is -2.36. The van der Waals surface area contributed by atoms with Crippen molar-refractivity contribution >= 4 is 17.3 Å². The molecule has 0 radical (unpaired) electrons. The summed E-state index contributed by atoms with van der Waals surface area (Å²) < 4.78 is 0. The van der Waals surface area contributed by atoms with Gasteiger partial charge in [0.25, 0.3) is 0 Å². The minimum atomic E-state index is -2.33. The van der Waals surface area contributed by atoms with Crippen molar-refractivity contribution in [2.75, 3.05) is 0 Å². The molecule has 0 amide bonds. The summed E-state index contributed by atoms with van der Waals surface area (Å²) in [4.78, 5) is 38.4. The van der Waals surface area contributed by atoms with E-state index in [1.54, 1.807) is 0 Å². The Balaban J connectivity index is 2.23. The zero-order chi connectivity index (χ0) is 19.8. The quantitative estimate of drug-likeness (QED) is 0.457. The standard InChI is InChI=1S/C21H28O5/c1-10(2)7-13(22)16-17(24)20-9-12(11(3)4)19(5,6)14(20)8-15(23)21(20,26)18(16)25/h10,12,14,24,26H,3,7-9H2,1-2,4-6H3. The van der Waals surface area contributed by atoms with Crippen LogP contribution in [-0.2, 0) is 14.4 Å². The Bertz CT molecular complexity index is 771. The average Bonchev–Trinajstić information content (AvgIpc) is 2.94. The molecule has 2 saturated carbocycles. The molecule has 142 valence electrons. The SMILES string of the molecule is C=C(C)C1CC23C(O)=C(C(=O)CC(C)C)C(=O)C2(O)C(=O)CC3C1(C)C. The van der Waals surface area contributed by atoms with Crippen molar-refractivity contribution in [3.05, 3.63) is 23.5 Å². The minimum Gasteiger partial charge on any atom is -0.511 e. The van der Waals surface area contributed by atoms with E-state index in [2.05, 4.69) is 6.58 Å². The van der Waals surface area contributed by atoms with E-state index < -0.39 is 39.7 Å². The van der Waals surface area contributed by atoms with Crippen molar-refractivity contribution in [3.63, 3.8) is 0 Å². The minimum absolute atomic E-state index is 0.00197. The molecule has 5 heteroatoms. The Labute approximate surface area is 154 Å². The molecule has 3 aliphatic carbocycles.